The molecular weight excluding hydrogens is 243 g/mol. The molecule has 1 unspecified atom stereocenters. The molecule has 0 fully saturated rings. The van der Waals surface area contributed by atoms with E-state index in [1.165, 1.54) is 11.1 Å². The Balaban J connectivity index is 1.81. The van der Waals surface area contributed by atoms with Gasteiger partial charge >= 0.3 is 0 Å². The summed E-state index contributed by atoms with van der Waals surface area (Å²) in [7, 11) is 2.02. The van der Waals surface area contributed by atoms with Crippen molar-refractivity contribution >= 4 is 24.5 Å². The van der Waals surface area contributed by atoms with Crippen molar-refractivity contribution in [2.45, 2.75) is 26.7 Å². The van der Waals surface area contributed by atoms with Gasteiger partial charge in [0.15, 0.2) is 7.85 Å². The van der Waals surface area contributed by atoms with Crippen LogP contribution in [0, 0.1) is 12.8 Å². The average molecular weight is 262 g/mol. The average Bonchev–Trinajstić information content (AvgIpc) is 2.83. The molecule has 0 saturated carbocycles. The van der Waals surface area contributed by atoms with Crippen LogP contribution in [-0.4, -0.2) is 17.8 Å². The van der Waals surface area contributed by atoms with E-state index in [9.17, 15) is 0 Å². The molecular formula is C17H19BN2. The van der Waals surface area contributed by atoms with Gasteiger partial charge in [-0.15, -0.1) is 0 Å². The Kier molecular flexibility index (Phi) is 3.43. The third-order valence-electron chi connectivity index (χ3n) is 4.14. The van der Waals surface area contributed by atoms with Crippen molar-refractivity contribution in [2.24, 2.45) is 5.92 Å². The van der Waals surface area contributed by atoms with Gasteiger partial charge in [0.25, 0.3) is 0 Å². The molecule has 20 heavy (non-hydrogen) atoms. The first kappa shape index (κ1) is 13.1. The Morgan fingerprint density at radius 1 is 1.15 bits per heavy atom. The number of hydrogen-bond donors (Lipinski definition) is 0. The lowest BCUT2D eigenvalue weighted by Crippen LogP contribution is -2.14. The quantitative estimate of drug-likeness (QED) is 0.793. The Labute approximate surface area is 121 Å². The van der Waals surface area contributed by atoms with E-state index in [2.05, 4.69) is 53.3 Å². The highest BCUT2D eigenvalue weighted by Crippen LogP contribution is 2.24. The van der Waals surface area contributed by atoms with Crippen molar-refractivity contribution < 1.29 is 0 Å². The maximum absolute atomic E-state index is 4.64. The van der Waals surface area contributed by atoms with E-state index >= 15 is 0 Å². The van der Waals surface area contributed by atoms with Crippen LogP contribution in [0.2, 0.25) is 0 Å². The van der Waals surface area contributed by atoms with Crippen LogP contribution in [0.5, 0.6) is 0 Å². The van der Waals surface area contributed by atoms with Crippen molar-refractivity contribution in [3.63, 3.8) is 0 Å². The van der Waals surface area contributed by atoms with E-state index in [-0.39, 0.29) is 0 Å². The summed E-state index contributed by atoms with van der Waals surface area (Å²) >= 11 is 0. The zero-order valence-electron chi connectivity index (χ0n) is 12.4. The van der Waals surface area contributed by atoms with Crippen molar-refractivity contribution in [1.29, 1.82) is 0 Å². The van der Waals surface area contributed by atoms with Gasteiger partial charge in [0.2, 0.25) is 0 Å². The molecule has 0 amide bonds. The summed E-state index contributed by atoms with van der Waals surface area (Å²) in [5.74, 6) is 0.597. The predicted octanol–water partition coefficient (Wildman–Crippen LogP) is 2.26. The number of rotatable bonds is 3. The molecule has 1 heterocycles. The van der Waals surface area contributed by atoms with Crippen molar-refractivity contribution in [2.75, 3.05) is 0 Å². The fraction of sp³-hybridized carbons (Fsp3) is 0.294. The minimum atomic E-state index is 0.597. The van der Waals surface area contributed by atoms with E-state index < -0.39 is 0 Å². The molecule has 2 aromatic rings. The smallest absolute Gasteiger partial charge is 0.166 e. The molecule has 0 saturated heterocycles. The van der Waals surface area contributed by atoms with Gasteiger partial charge in [-0.3, -0.25) is 9.97 Å². The van der Waals surface area contributed by atoms with Gasteiger partial charge in [0, 0.05) is 11.3 Å². The number of hydrogen-bond acceptors (Lipinski definition) is 2. The van der Waals surface area contributed by atoms with Crippen molar-refractivity contribution in [3.8, 4) is 0 Å². The van der Waals surface area contributed by atoms with E-state index in [0.717, 1.165) is 35.2 Å². The van der Waals surface area contributed by atoms with E-state index in [0.29, 0.717) is 5.92 Å². The van der Waals surface area contributed by atoms with Crippen LogP contribution >= 0.6 is 0 Å². The molecule has 1 aromatic heterocycles. The molecule has 3 heteroatoms. The fourth-order valence-corrected chi connectivity index (χ4v) is 2.65. The maximum Gasteiger partial charge on any atom is 0.166 e. The zero-order valence-corrected chi connectivity index (χ0v) is 12.4. The third-order valence-corrected chi connectivity index (χ3v) is 4.14. The highest BCUT2D eigenvalue weighted by Gasteiger charge is 2.09. The fourth-order valence-electron chi connectivity index (χ4n) is 2.65. The van der Waals surface area contributed by atoms with Gasteiger partial charge in [-0.1, -0.05) is 36.8 Å². The molecule has 1 atom stereocenters. The van der Waals surface area contributed by atoms with Crippen LogP contribution in [0.25, 0.3) is 11.0 Å². The summed E-state index contributed by atoms with van der Waals surface area (Å²) in [6, 6.07) is 6.45. The second-order valence-electron chi connectivity index (χ2n) is 5.63. The minimum Gasteiger partial charge on any atom is -0.260 e. The lowest BCUT2D eigenvalue weighted by molar-refractivity contribution is 0.787. The lowest BCUT2D eigenvalue weighted by Gasteiger charge is -2.09. The van der Waals surface area contributed by atoms with Gasteiger partial charge < -0.3 is 0 Å². The van der Waals surface area contributed by atoms with Crippen LogP contribution in [0.15, 0.2) is 42.0 Å². The van der Waals surface area contributed by atoms with Gasteiger partial charge in [0.05, 0.1) is 11.0 Å². The molecule has 0 radical (unpaired) electrons. The summed E-state index contributed by atoms with van der Waals surface area (Å²) < 4.78 is 0. The van der Waals surface area contributed by atoms with Crippen molar-refractivity contribution in [1.82, 2.24) is 9.97 Å². The van der Waals surface area contributed by atoms with Crippen molar-refractivity contribution in [3.05, 3.63) is 53.3 Å². The number of nitrogens with zero attached hydrogens (tertiary/aromatic N) is 2. The summed E-state index contributed by atoms with van der Waals surface area (Å²) in [4.78, 5) is 9.22. The largest absolute Gasteiger partial charge is 0.260 e. The number of aromatic nitrogens is 2. The summed E-state index contributed by atoms with van der Waals surface area (Å²) in [5, 5.41) is 0. The van der Waals surface area contributed by atoms with Gasteiger partial charge in [-0.2, -0.15) is 0 Å². The molecule has 100 valence electrons. The number of allylic oxidation sites excluding steroid dienone is 4. The predicted molar refractivity (Wildman–Crippen MR) is 87.2 cm³/mol. The van der Waals surface area contributed by atoms with Crippen LogP contribution < -0.4 is 5.59 Å². The standard InChI is InChI=1S/C17H19BN2/c1-11-4-3-5-14(11)8-6-13-7-9-15-16(10-13)20-17(18)12(2)19-15/h3-5,7,9-11H,6,8,18H2,1-2H3. The third kappa shape index (κ3) is 2.53. The van der Waals surface area contributed by atoms with Crippen LogP contribution in [0.3, 0.4) is 0 Å². The second-order valence-corrected chi connectivity index (χ2v) is 5.63. The Hall–Kier alpha value is -1.90. The topological polar surface area (TPSA) is 25.8 Å². The van der Waals surface area contributed by atoms with Gasteiger partial charge in [0.1, 0.15) is 0 Å². The first-order chi connectivity index (χ1) is 9.63. The highest BCUT2D eigenvalue weighted by molar-refractivity contribution is 6.31. The first-order valence-corrected chi connectivity index (χ1v) is 7.24. The number of aryl methyl sites for hydroxylation is 2. The molecule has 0 bridgehead atoms. The second kappa shape index (κ2) is 5.24. The molecule has 1 aromatic carbocycles. The maximum atomic E-state index is 4.64. The highest BCUT2D eigenvalue weighted by atomic mass is 14.8. The minimum absolute atomic E-state index is 0.597. The van der Waals surface area contributed by atoms with E-state index in [4.69, 9.17) is 0 Å². The normalized spacial score (nSPS) is 17.7. The van der Waals surface area contributed by atoms with E-state index in [1.807, 2.05) is 14.8 Å². The number of fused-ring (bicyclic) bond motifs is 1. The van der Waals surface area contributed by atoms with Gasteiger partial charge in [-0.05, 0) is 43.4 Å². The van der Waals surface area contributed by atoms with Crippen LogP contribution in [0.4, 0.5) is 0 Å². The molecule has 1 aliphatic carbocycles. The molecule has 3 rings (SSSR count). The summed E-state index contributed by atoms with van der Waals surface area (Å²) in [5.41, 5.74) is 6.91. The monoisotopic (exact) mass is 262 g/mol. The van der Waals surface area contributed by atoms with E-state index in [1.54, 1.807) is 0 Å². The van der Waals surface area contributed by atoms with Crippen LogP contribution in [-0.2, 0) is 6.42 Å². The first-order valence-electron chi connectivity index (χ1n) is 7.24. The molecule has 2 nitrogen and oxygen atoms in total. The molecule has 0 N–H and O–H groups in total. The summed E-state index contributed by atoms with van der Waals surface area (Å²) in [6.45, 7) is 4.27. The summed E-state index contributed by atoms with van der Waals surface area (Å²) in [6.07, 6.45) is 8.87. The number of benzene rings is 1. The zero-order chi connectivity index (χ0) is 14.1. The molecule has 1 aliphatic rings. The SMILES string of the molecule is Bc1nc2cc(CCC3=CC=CC3C)ccc2nc1C. The lowest BCUT2D eigenvalue weighted by atomic mass is 9.97. The molecule has 0 spiro atoms. The van der Waals surface area contributed by atoms with Gasteiger partial charge in [-0.25, -0.2) is 0 Å². The Morgan fingerprint density at radius 3 is 2.75 bits per heavy atom. The Bertz CT molecular complexity index is 716. The molecule has 0 aliphatic heterocycles. The van der Waals surface area contributed by atoms with Crippen LogP contribution in [0.1, 0.15) is 24.6 Å². The Morgan fingerprint density at radius 2 is 2.00 bits per heavy atom.